The summed E-state index contributed by atoms with van der Waals surface area (Å²) in [6.45, 7) is 2.78. The highest BCUT2D eigenvalue weighted by Gasteiger charge is 2.61. The van der Waals surface area contributed by atoms with E-state index in [1.165, 1.54) is 0 Å². The Morgan fingerprint density at radius 3 is 2.77 bits per heavy atom. The van der Waals surface area contributed by atoms with Crippen molar-refractivity contribution in [2.45, 2.75) is 31.3 Å². The molecule has 1 aromatic heterocycles. The number of nitrogens with one attached hydrogen (secondary N) is 1. The molecule has 8 nitrogen and oxygen atoms in total. The van der Waals surface area contributed by atoms with Crippen LogP contribution < -0.4 is 10.2 Å². The average Bonchev–Trinajstić information content (AvgIpc) is 3.46. The zero-order valence-electron chi connectivity index (χ0n) is 16.9. The second-order valence-corrected chi connectivity index (χ2v) is 8.19. The Balaban J connectivity index is 1.53. The highest BCUT2D eigenvalue weighted by molar-refractivity contribution is 6.08. The molecule has 152 valence electrons. The number of aromatic nitrogens is 2. The van der Waals surface area contributed by atoms with E-state index in [2.05, 4.69) is 21.5 Å². The van der Waals surface area contributed by atoms with Gasteiger partial charge in [0.15, 0.2) is 0 Å². The number of hydrogen-bond acceptors (Lipinski definition) is 7. The third kappa shape index (κ3) is 2.81. The number of carbonyl (C=O) groups excluding carboxylic acids is 1. The lowest BCUT2D eigenvalue weighted by molar-refractivity contribution is -0.143. The Morgan fingerprint density at radius 1 is 1.33 bits per heavy atom. The van der Waals surface area contributed by atoms with Crippen molar-refractivity contribution in [2.75, 3.05) is 25.0 Å². The maximum absolute atomic E-state index is 12.9. The van der Waals surface area contributed by atoms with E-state index >= 15 is 0 Å². The molecule has 1 aromatic carbocycles. The minimum absolute atomic E-state index is 0.226. The first-order valence-electron chi connectivity index (χ1n) is 10.1. The molecule has 2 aromatic rings. The van der Waals surface area contributed by atoms with Crippen molar-refractivity contribution >= 4 is 17.4 Å². The lowest BCUT2D eigenvalue weighted by atomic mass is 9.84. The van der Waals surface area contributed by atoms with Crippen molar-refractivity contribution in [2.24, 2.45) is 11.1 Å². The number of amides is 1. The Kier molecular flexibility index (Phi) is 4.21. The van der Waals surface area contributed by atoms with Gasteiger partial charge in [-0.05, 0) is 25.3 Å². The van der Waals surface area contributed by atoms with Gasteiger partial charge in [0.05, 0.1) is 24.4 Å². The summed E-state index contributed by atoms with van der Waals surface area (Å²) in [5, 5.41) is 16.7. The van der Waals surface area contributed by atoms with Crippen LogP contribution in [-0.4, -0.2) is 47.3 Å². The van der Waals surface area contributed by atoms with E-state index in [4.69, 9.17) is 9.82 Å². The molecule has 30 heavy (non-hydrogen) atoms. The summed E-state index contributed by atoms with van der Waals surface area (Å²) in [5.41, 5.74) is 2.08. The van der Waals surface area contributed by atoms with E-state index < -0.39 is 5.60 Å². The number of nitriles is 1. The number of nitrogens with zero attached hydrogens (tertiary/aromatic N) is 5. The lowest BCUT2D eigenvalue weighted by Crippen LogP contribution is -2.52. The average molecular weight is 402 g/mol. The van der Waals surface area contributed by atoms with Crippen LogP contribution in [0.5, 0.6) is 0 Å². The van der Waals surface area contributed by atoms with Crippen molar-refractivity contribution < 1.29 is 9.63 Å². The van der Waals surface area contributed by atoms with E-state index in [0.717, 1.165) is 35.5 Å². The van der Waals surface area contributed by atoms with Crippen molar-refractivity contribution in [3.05, 3.63) is 53.0 Å². The zero-order valence-corrected chi connectivity index (χ0v) is 16.9. The second-order valence-electron chi connectivity index (χ2n) is 8.19. The summed E-state index contributed by atoms with van der Waals surface area (Å²) in [6.07, 6.45) is 3.74. The number of anilines is 1. The summed E-state index contributed by atoms with van der Waals surface area (Å²) in [7, 11) is 1.60. The van der Waals surface area contributed by atoms with Gasteiger partial charge in [0, 0.05) is 19.5 Å². The number of hydrogen-bond donors (Lipinski definition) is 1. The van der Waals surface area contributed by atoms with E-state index in [1.807, 2.05) is 36.1 Å². The van der Waals surface area contributed by atoms with Gasteiger partial charge in [-0.15, -0.1) is 0 Å². The van der Waals surface area contributed by atoms with E-state index in [1.54, 1.807) is 13.2 Å². The fourth-order valence-electron chi connectivity index (χ4n) is 4.29. The van der Waals surface area contributed by atoms with Gasteiger partial charge in [0.2, 0.25) is 5.60 Å². The van der Waals surface area contributed by atoms with Gasteiger partial charge >= 0.3 is 0 Å². The molecule has 1 saturated heterocycles. The third-order valence-electron chi connectivity index (χ3n) is 6.14. The quantitative estimate of drug-likeness (QED) is 0.838. The van der Waals surface area contributed by atoms with Crippen molar-refractivity contribution in [1.29, 1.82) is 5.26 Å². The molecule has 1 saturated carbocycles. The van der Waals surface area contributed by atoms with Crippen LogP contribution in [0, 0.1) is 24.2 Å². The molecule has 2 fully saturated rings. The number of benzene rings is 1. The normalized spacial score (nSPS) is 24.6. The molecule has 0 unspecified atom stereocenters. The number of aryl methyl sites for hydroxylation is 1. The smallest absolute Gasteiger partial charge is 0.269 e. The van der Waals surface area contributed by atoms with Crippen molar-refractivity contribution in [3.8, 4) is 6.07 Å². The minimum Gasteiger partial charge on any atom is -0.376 e. The fourth-order valence-corrected chi connectivity index (χ4v) is 4.29. The third-order valence-corrected chi connectivity index (χ3v) is 6.14. The van der Waals surface area contributed by atoms with Gasteiger partial charge in [-0.25, -0.2) is 9.97 Å². The maximum atomic E-state index is 12.9. The van der Waals surface area contributed by atoms with Gasteiger partial charge in [-0.1, -0.05) is 35.0 Å². The SMILES string of the molecule is CNC(=O)[C@]12CN(c3nc(C4CC4)ncc3C#N)C[C@H]1C(c1ccc(C)cc1)=NO2. The Bertz CT molecular complexity index is 1090. The number of carbonyl (C=O) groups is 1. The summed E-state index contributed by atoms with van der Waals surface area (Å²) in [5.74, 6) is 1.21. The van der Waals surface area contributed by atoms with Gasteiger partial charge in [-0.3, -0.25) is 4.79 Å². The molecule has 0 spiro atoms. The largest absolute Gasteiger partial charge is 0.376 e. The minimum atomic E-state index is -1.15. The summed E-state index contributed by atoms with van der Waals surface area (Å²) in [4.78, 5) is 29.8. The molecule has 3 aliphatic rings. The van der Waals surface area contributed by atoms with Crippen molar-refractivity contribution in [1.82, 2.24) is 15.3 Å². The van der Waals surface area contributed by atoms with Crippen molar-refractivity contribution in [3.63, 3.8) is 0 Å². The van der Waals surface area contributed by atoms with E-state index in [0.29, 0.717) is 23.8 Å². The predicted octanol–water partition coefficient (Wildman–Crippen LogP) is 1.89. The first-order chi connectivity index (χ1) is 14.6. The molecular formula is C22H22N6O2. The van der Waals surface area contributed by atoms with Crippen LogP contribution in [0.3, 0.4) is 0 Å². The molecule has 0 radical (unpaired) electrons. The topological polar surface area (TPSA) is 104 Å². The maximum Gasteiger partial charge on any atom is 0.269 e. The van der Waals surface area contributed by atoms with Crippen LogP contribution in [-0.2, 0) is 9.63 Å². The van der Waals surface area contributed by atoms with Gasteiger partial charge in [0.1, 0.15) is 23.3 Å². The van der Waals surface area contributed by atoms with Crippen LogP contribution in [0.2, 0.25) is 0 Å². The van der Waals surface area contributed by atoms with Gasteiger partial charge in [-0.2, -0.15) is 5.26 Å². The highest BCUT2D eigenvalue weighted by atomic mass is 16.7. The number of oxime groups is 1. The Labute approximate surface area is 174 Å². The molecule has 1 N–H and O–H groups in total. The molecule has 1 aliphatic carbocycles. The van der Waals surface area contributed by atoms with Crippen LogP contribution >= 0.6 is 0 Å². The number of fused-ring (bicyclic) bond motifs is 1. The Hall–Kier alpha value is -3.47. The first kappa shape index (κ1) is 18.6. The molecule has 0 bridgehead atoms. The molecule has 1 amide bonds. The number of likely N-dealkylation sites (N-methyl/N-ethyl adjacent to an activating group) is 1. The molecule has 2 atom stereocenters. The highest BCUT2D eigenvalue weighted by Crippen LogP contribution is 2.43. The Morgan fingerprint density at radius 2 is 2.10 bits per heavy atom. The second kappa shape index (κ2) is 6.80. The first-order valence-corrected chi connectivity index (χ1v) is 10.1. The lowest BCUT2D eigenvalue weighted by Gasteiger charge is -2.24. The van der Waals surface area contributed by atoms with Crippen LogP contribution in [0.1, 0.15) is 41.3 Å². The fraction of sp³-hybridized carbons (Fsp3) is 0.409. The van der Waals surface area contributed by atoms with Crippen LogP contribution in [0.4, 0.5) is 5.82 Å². The molecule has 8 heteroatoms. The van der Waals surface area contributed by atoms with E-state index in [9.17, 15) is 10.1 Å². The molecule has 5 rings (SSSR count). The summed E-state index contributed by atoms with van der Waals surface area (Å²) >= 11 is 0. The van der Waals surface area contributed by atoms with Crippen LogP contribution in [0.25, 0.3) is 0 Å². The van der Waals surface area contributed by atoms with E-state index in [-0.39, 0.29) is 18.4 Å². The number of rotatable bonds is 4. The summed E-state index contributed by atoms with van der Waals surface area (Å²) < 4.78 is 0. The molecular weight excluding hydrogens is 380 g/mol. The summed E-state index contributed by atoms with van der Waals surface area (Å²) in [6, 6.07) is 10.2. The van der Waals surface area contributed by atoms with Gasteiger partial charge < -0.3 is 15.1 Å². The zero-order chi connectivity index (χ0) is 20.9. The monoisotopic (exact) mass is 402 g/mol. The standard InChI is InChI=1S/C22H22N6O2/c1-13-3-5-14(6-4-13)18-17-11-28(12-22(17,30-27-18)21(29)24-2)20-16(9-23)10-25-19(26-20)15-7-8-15/h3-6,10,15,17H,7-8,11-12H2,1-2H3,(H,24,29)/t17-,22-/m0/s1. The predicted molar refractivity (Wildman–Crippen MR) is 110 cm³/mol. The van der Waals surface area contributed by atoms with Gasteiger partial charge in [0.25, 0.3) is 5.91 Å². The molecule has 3 heterocycles. The molecule has 2 aliphatic heterocycles. The van der Waals surface area contributed by atoms with Crippen LogP contribution in [0.15, 0.2) is 35.6 Å².